The van der Waals surface area contributed by atoms with Crippen molar-refractivity contribution in [2.45, 2.75) is 12.6 Å². The fourth-order valence-electron chi connectivity index (χ4n) is 2.66. The van der Waals surface area contributed by atoms with E-state index in [1.807, 2.05) is 18.2 Å². The summed E-state index contributed by atoms with van der Waals surface area (Å²) in [6.07, 6.45) is -4.47. The van der Waals surface area contributed by atoms with Gasteiger partial charge in [0, 0.05) is 5.39 Å². The summed E-state index contributed by atoms with van der Waals surface area (Å²) in [5, 5.41) is 0.709. The summed E-state index contributed by atoms with van der Waals surface area (Å²) in [6.45, 7) is 3.68. The van der Waals surface area contributed by atoms with Gasteiger partial charge < -0.3 is 0 Å². The molecule has 0 saturated carbocycles. The number of para-hydroxylation sites is 1. The van der Waals surface area contributed by atoms with Crippen LogP contribution in [-0.2, 0) is 12.6 Å². The fraction of sp³-hybridized carbons (Fsp3) is 0.111. The predicted molar refractivity (Wildman–Crippen MR) is 81.2 cm³/mol. The molecule has 1 heterocycles. The van der Waals surface area contributed by atoms with E-state index < -0.39 is 11.9 Å². The van der Waals surface area contributed by atoms with E-state index in [9.17, 15) is 13.2 Å². The zero-order valence-electron chi connectivity index (χ0n) is 11.7. The van der Waals surface area contributed by atoms with Crippen LogP contribution in [0.15, 0.2) is 54.6 Å². The number of pyridine rings is 1. The molecule has 3 rings (SSSR count). The Balaban J connectivity index is 2.46. The van der Waals surface area contributed by atoms with Gasteiger partial charge in [-0.15, -0.1) is 0 Å². The Kier molecular flexibility index (Phi) is 3.61. The van der Waals surface area contributed by atoms with Gasteiger partial charge in [-0.2, -0.15) is 13.2 Å². The first-order valence-electron chi connectivity index (χ1n) is 6.86. The highest BCUT2D eigenvalue weighted by Crippen LogP contribution is 2.39. The summed E-state index contributed by atoms with van der Waals surface area (Å²) < 4.78 is 40.1. The fourth-order valence-corrected chi connectivity index (χ4v) is 2.66. The van der Waals surface area contributed by atoms with Gasteiger partial charge >= 0.3 is 6.18 Å². The molecule has 0 spiro atoms. The molecule has 1 aromatic heterocycles. The second-order valence-corrected chi connectivity index (χ2v) is 4.94. The molecule has 0 saturated heterocycles. The maximum Gasteiger partial charge on any atom is 0.433 e. The maximum atomic E-state index is 13.4. The first-order chi connectivity index (χ1) is 10.5. The Morgan fingerprint density at radius 2 is 1.55 bits per heavy atom. The Morgan fingerprint density at radius 1 is 0.909 bits per heavy atom. The van der Waals surface area contributed by atoms with Gasteiger partial charge in [-0.05, 0) is 36.1 Å². The van der Waals surface area contributed by atoms with Gasteiger partial charge in [-0.3, -0.25) is 0 Å². The Bertz CT molecular complexity index is 808. The lowest BCUT2D eigenvalue weighted by Gasteiger charge is -2.18. The summed E-state index contributed by atoms with van der Waals surface area (Å²) in [5.74, 6) is 0. The number of aromatic nitrogens is 1. The van der Waals surface area contributed by atoms with Crippen molar-refractivity contribution in [3.8, 4) is 11.1 Å². The molecule has 22 heavy (non-hydrogen) atoms. The zero-order chi connectivity index (χ0) is 15.7. The van der Waals surface area contributed by atoms with Crippen molar-refractivity contribution < 1.29 is 13.2 Å². The van der Waals surface area contributed by atoms with Crippen LogP contribution in [0.25, 0.3) is 22.0 Å². The van der Waals surface area contributed by atoms with E-state index in [0.29, 0.717) is 16.5 Å². The number of hydrogen-bond acceptors (Lipinski definition) is 1. The number of nitrogens with zero attached hydrogens (tertiary/aromatic N) is 1. The first kappa shape index (κ1) is 14.6. The molecule has 0 aliphatic carbocycles. The van der Waals surface area contributed by atoms with Crippen LogP contribution in [0.5, 0.6) is 0 Å². The van der Waals surface area contributed by atoms with Crippen LogP contribution in [0.3, 0.4) is 0 Å². The number of alkyl halides is 3. The SMILES string of the molecule is [CH2]Cc1c(C(F)(F)F)nc2ccccc2c1-c1ccccc1. The Labute approximate surface area is 126 Å². The molecule has 1 radical (unpaired) electrons. The minimum Gasteiger partial charge on any atom is -0.243 e. The van der Waals surface area contributed by atoms with E-state index in [1.165, 1.54) is 0 Å². The number of hydrogen-bond donors (Lipinski definition) is 0. The van der Waals surface area contributed by atoms with Crippen molar-refractivity contribution in [1.29, 1.82) is 0 Å². The molecule has 0 unspecified atom stereocenters. The highest BCUT2D eigenvalue weighted by molar-refractivity contribution is 5.96. The van der Waals surface area contributed by atoms with Crippen LogP contribution >= 0.6 is 0 Å². The molecule has 3 aromatic rings. The van der Waals surface area contributed by atoms with Gasteiger partial charge in [-0.25, -0.2) is 4.98 Å². The number of rotatable bonds is 2. The molecular weight excluding hydrogens is 287 g/mol. The predicted octanol–water partition coefficient (Wildman–Crippen LogP) is 5.30. The highest BCUT2D eigenvalue weighted by Gasteiger charge is 2.36. The molecule has 111 valence electrons. The molecule has 0 atom stereocenters. The second-order valence-electron chi connectivity index (χ2n) is 4.94. The molecule has 0 aliphatic heterocycles. The van der Waals surface area contributed by atoms with Gasteiger partial charge in [0.1, 0.15) is 5.69 Å². The van der Waals surface area contributed by atoms with Crippen molar-refractivity contribution in [3.63, 3.8) is 0 Å². The largest absolute Gasteiger partial charge is 0.433 e. The van der Waals surface area contributed by atoms with E-state index in [2.05, 4.69) is 11.9 Å². The van der Waals surface area contributed by atoms with E-state index in [1.54, 1.807) is 36.4 Å². The van der Waals surface area contributed by atoms with Crippen LogP contribution in [0, 0.1) is 6.92 Å². The van der Waals surface area contributed by atoms with Gasteiger partial charge in [-0.1, -0.05) is 48.5 Å². The van der Waals surface area contributed by atoms with Crippen molar-refractivity contribution in [2.24, 2.45) is 0 Å². The van der Waals surface area contributed by atoms with Crippen molar-refractivity contribution in [1.82, 2.24) is 4.98 Å². The van der Waals surface area contributed by atoms with Crippen LogP contribution in [0.2, 0.25) is 0 Å². The van der Waals surface area contributed by atoms with Crippen LogP contribution < -0.4 is 0 Å². The first-order valence-corrected chi connectivity index (χ1v) is 6.86. The molecule has 0 N–H and O–H groups in total. The summed E-state index contributed by atoms with van der Waals surface area (Å²) in [5.41, 5.74) is 0.933. The van der Waals surface area contributed by atoms with Crippen LogP contribution in [0.1, 0.15) is 11.3 Å². The Morgan fingerprint density at radius 3 is 2.18 bits per heavy atom. The third kappa shape index (κ3) is 2.45. The molecule has 0 aliphatic rings. The number of fused-ring (bicyclic) bond motifs is 1. The number of halogens is 3. The zero-order valence-corrected chi connectivity index (χ0v) is 11.7. The lowest BCUT2D eigenvalue weighted by Crippen LogP contribution is -2.13. The third-order valence-electron chi connectivity index (χ3n) is 3.57. The van der Waals surface area contributed by atoms with Crippen LogP contribution in [0.4, 0.5) is 13.2 Å². The van der Waals surface area contributed by atoms with E-state index in [0.717, 1.165) is 5.56 Å². The average Bonchev–Trinajstić information content (AvgIpc) is 2.53. The van der Waals surface area contributed by atoms with E-state index >= 15 is 0 Å². The van der Waals surface area contributed by atoms with E-state index in [-0.39, 0.29) is 12.0 Å². The van der Waals surface area contributed by atoms with Gasteiger partial charge in [0.15, 0.2) is 0 Å². The molecule has 2 aromatic carbocycles. The maximum absolute atomic E-state index is 13.4. The summed E-state index contributed by atoms with van der Waals surface area (Å²) in [7, 11) is 0. The average molecular weight is 300 g/mol. The second kappa shape index (κ2) is 5.44. The van der Waals surface area contributed by atoms with Gasteiger partial charge in [0.2, 0.25) is 0 Å². The smallest absolute Gasteiger partial charge is 0.243 e. The van der Waals surface area contributed by atoms with Crippen LogP contribution in [-0.4, -0.2) is 4.98 Å². The summed E-state index contributed by atoms with van der Waals surface area (Å²) >= 11 is 0. The number of benzene rings is 2. The molecule has 1 nitrogen and oxygen atoms in total. The van der Waals surface area contributed by atoms with E-state index in [4.69, 9.17) is 0 Å². The monoisotopic (exact) mass is 300 g/mol. The normalized spacial score (nSPS) is 11.8. The van der Waals surface area contributed by atoms with Gasteiger partial charge in [0.05, 0.1) is 5.52 Å². The van der Waals surface area contributed by atoms with Crippen molar-refractivity contribution >= 4 is 10.9 Å². The van der Waals surface area contributed by atoms with Crippen molar-refractivity contribution in [2.75, 3.05) is 0 Å². The molecule has 0 amide bonds. The lowest BCUT2D eigenvalue weighted by molar-refractivity contribution is -0.141. The molecule has 0 bridgehead atoms. The lowest BCUT2D eigenvalue weighted by atomic mass is 9.92. The summed E-state index contributed by atoms with van der Waals surface area (Å²) in [4.78, 5) is 3.84. The Hall–Kier alpha value is -2.36. The minimum absolute atomic E-state index is 0.0247. The minimum atomic E-state index is -4.50. The quantitative estimate of drug-likeness (QED) is 0.626. The molecule has 4 heteroatoms. The standard InChI is InChI=1S/C18H13F3N/c1-2-13-16(12-8-4-3-5-9-12)14-10-6-7-11-15(14)22-17(13)18(19,20)21/h3-11H,1-2H2. The molecule has 0 fully saturated rings. The summed E-state index contributed by atoms with van der Waals surface area (Å²) in [6, 6.07) is 16.0. The highest BCUT2D eigenvalue weighted by atomic mass is 19.4. The molecular formula is C18H13F3N. The third-order valence-corrected chi connectivity index (χ3v) is 3.57. The van der Waals surface area contributed by atoms with Gasteiger partial charge in [0.25, 0.3) is 0 Å². The van der Waals surface area contributed by atoms with Crippen molar-refractivity contribution in [3.05, 3.63) is 72.8 Å². The topological polar surface area (TPSA) is 12.9 Å².